The Labute approximate surface area is 88.1 Å². The van der Waals surface area contributed by atoms with Gasteiger partial charge in [-0.2, -0.15) is 10.2 Å². The van der Waals surface area contributed by atoms with Gasteiger partial charge in [-0.3, -0.25) is 4.68 Å². The molecule has 2 heterocycles. The van der Waals surface area contributed by atoms with Crippen LogP contribution in [0.3, 0.4) is 0 Å². The van der Waals surface area contributed by atoms with E-state index in [4.69, 9.17) is 0 Å². The smallest absolute Gasteiger partial charge is 0.148 e. The first-order chi connectivity index (χ1) is 7.34. The third kappa shape index (κ3) is 2.77. The summed E-state index contributed by atoms with van der Waals surface area (Å²) in [6.45, 7) is 3.64. The van der Waals surface area contributed by atoms with Gasteiger partial charge in [-0.25, -0.2) is 0 Å². The highest BCUT2D eigenvalue weighted by atomic mass is 15.3. The lowest BCUT2D eigenvalue weighted by molar-refractivity contribution is 0.636. The number of aromatic nitrogens is 4. The fraction of sp³-hybridized carbons (Fsp3) is 0.300. The van der Waals surface area contributed by atoms with Crippen LogP contribution in [0, 0.1) is 6.92 Å². The molecule has 0 amide bonds. The van der Waals surface area contributed by atoms with Gasteiger partial charge in [0.1, 0.15) is 5.82 Å². The van der Waals surface area contributed by atoms with Gasteiger partial charge >= 0.3 is 0 Å². The first-order valence-corrected chi connectivity index (χ1v) is 4.85. The van der Waals surface area contributed by atoms with E-state index in [1.807, 2.05) is 36.1 Å². The molecule has 5 heteroatoms. The molecule has 0 unspecified atom stereocenters. The molecule has 0 saturated heterocycles. The summed E-state index contributed by atoms with van der Waals surface area (Å²) in [6, 6.07) is 3.74. The average molecular weight is 203 g/mol. The van der Waals surface area contributed by atoms with Crippen molar-refractivity contribution in [1.29, 1.82) is 0 Å². The van der Waals surface area contributed by atoms with Crippen LogP contribution in [-0.4, -0.2) is 26.5 Å². The lowest BCUT2D eigenvalue weighted by atomic mass is 10.4. The Morgan fingerprint density at radius 3 is 3.07 bits per heavy atom. The van der Waals surface area contributed by atoms with Gasteiger partial charge in [-0.15, -0.1) is 5.10 Å². The largest absolute Gasteiger partial charge is 0.367 e. The predicted octanol–water partition coefficient (Wildman–Crippen LogP) is 1.09. The first-order valence-electron chi connectivity index (χ1n) is 4.85. The number of nitrogens with zero attached hydrogens (tertiary/aromatic N) is 4. The molecule has 15 heavy (non-hydrogen) atoms. The molecule has 0 aliphatic carbocycles. The second-order valence-electron chi connectivity index (χ2n) is 3.32. The molecule has 0 aromatic carbocycles. The Balaban J connectivity index is 1.80. The lowest BCUT2D eigenvalue weighted by Crippen LogP contribution is -2.11. The zero-order chi connectivity index (χ0) is 10.5. The van der Waals surface area contributed by atoms with E-state index in [9.17, 15) is 0 Å². The molecule has 0 spiro atoms. The van der Waals surface area contributed by atoms with Gasteiger partial charge in [0.15, 0.2) is 0 Å². The topological polar surface area (TPSA) is 55.6 Å². The van der Waals surface area contributed by atoms with Crippen LogP contribution >= 0.6 is 0 Å². The highest BCUT2D eigenvalue weighted by Gasteiger charge is 1.94. The zero-order valence-corrected chi connectivity index (χ0v) is 8.59. The van der Waals surface area contributed by atoms with E-state index in [0.717, 1.165) is 18.9 Å². The average Bonchev–Trinajstić information content (AvgIpc) is 2.66. The summed E-state index contributed by atoms with van der Waals surface area (Å²) in [4.78, 5) is 0. The monoisotopic (exact) mass is 203 g/mol. The standard InChI is InChI=1S/C10H13N5/c1-9-7-13-15(8-9)6-5-11-10-3-2-4-12-14-10/h2-4,7-8H,5-6H2,1H3,(H,11,14). The quantitative estimate of drug-likeness (QED) is 0.808. The highest BCUT2D eigenvalue weighted by Crippen LogP contribution is 1.98. The van der Waals surface area contributed by atoms with Gasteiger partial charge in [0.25, 0.3) is 0 Å². The number of anilines is 1. The maximum atomic E-state index is 4.19. The van der Waals surface area contributed by atoms with Crippen LogP contribution in [0.4, 0.5) is 5.82 Å². The lowest BCUT2D eigenvalue weighted by Gasteiger charge is -2.04. The summed E-state index contributed by atoms with van der Waals surface area (Å²) >= 11 is 0. The normalized spacial score (nSPS) is 10.2. The fourth-order valence-corrected chi connectivity index (χ4v) is 1.28. The molecule has 0 radical (unpaired) electrons. The number of rotatable bonds is 4. The minimum absolute atomic E-state index is 0.791. The number of hydrogen-bond donors (Lipinski definition) is 1. The molecule has 5 nitrogen and oxygen atoms in total. The molecule has 0 fully saturated rings. The van der Waals surface area contributed by atoms with E-state index < -0.39 is 0 Å². The second-order valence-corrected chi connectivity index (χ2v) is 3.32. The van der Waals surface area contributed by atoms with Gasteiger partial charge in [0, 0.05) is 18.9 Å². The van der Waals surface area contributed by atoms with Crippen molar-refractivity contribution in [3.8, 4) is 0 Å². The van der Waals surface area contributed by atoms with E-state index in [0.29, 0.717) is 0 Å². The Morgan fingerprint density at radius 2 is 2.40 bits per heavy atom. The minimum atomic E-state index is 0.791. The van der Waals surface area contributed by atoms with Crippen molar-refractivity contribution < 1.29 is 0 Å². The summed E-state index contributed by atoms with van der Waals surface area (Å²) in [7, 11) is 0. The molecule has 2 aromatic rings. The number of nitrogens with one attached hydrogen (secondary N) is 1. The van der Waals surface area contributed by atoms with Crippen molar-refractivity contribution in [3.63, 3.8) is 0 Å². The molecule has 2 aromatic heterocycles. The molecule has 0 saturated carbocycles. The van der Waals surface area contributed by atoms with Gasteiger partial charge < -0.3 is 5.32 Å². The van der Waals surface area contributed by atoms with Crippen LogP contribution in [-0.2, 0) is 6.54 Å². The molecular formula is C10H13N5. The van der Waals surface area contributed by atoms with E-state index >= 15 is 0 Å². The summed E-state index contributed by atoms with van der Waals surface area (Å²) in [5.41, 5.74) is 1.18. The fourth-order valence-electron chi connectivity index (χ4n) is 1.28. The van der Waals surface area contributed by atoms with Crippen LogP contribution in [0.1, 0.15) is 5.56 Å². The Morgan fingerprint density at radius 1 is 1.47 bits per heavy atom. The number of aryl methyl sites for hydroxylation is 1. The Bertz CT molecular complexity index is 409. The third-order valence-corrected chi connectivity index (χ3v) is 1.98. The van der Waals surface area contributed by atoms with Crippen molar-refractivity contribution in [2.24, 2.45) is 0 Å². The Hall–Kier alpha value is -1.91. The van der Waals surface area contributed by atoms with Crippen molar-refractivity contribution in [1.82, 2.24) is 20.0 Å². The molecule has 78 valence electrons. The summed E-state index contributed by atoms with van der Waals surface area (Å²) in [5.74, 6) is 0.793. The van der Waals surface area contributed by atoms with Crippen molar-refractivity contribution in [3.05, 3.63) is 36.3 Å². The molecule has 0 aliphatic heterocycles. The zero-order valence-electron chi connectivity index (χ0n) is 8.59. The van der Waals surface area contributed by atoms with Crippen molar-refractivity contribution >= 4 is 5.82 Å². The second kappa shape index (κ2) is 4.54. The number of hydrogen-bond acceptors (Lipinski definition) is 4. The van der Waals surface area contributed by atoms with Crippen molar-refractivity contribution in [2.75, 3.05) is 11.9 Å². The first kappa shape index (κ1) is 9.64. The molecule has 2 rings (SSSR count). The van der Waals surface area contributed by atoms with Gasteiger partial charge in [0.2, 0.25) is 0 Å². The molecule has 0 aliphatic rings. The summed E-state index contributed by atoms with van der Waals surface area (Å²) in [5, 5.41) is 15.1. The Kier molecular flexibility index (Phi) is 2.92. The minimum Gasteiger partial charge on any atom is -0.367 e. The van der Waals surface area contributed by atoms with Gasteiger partial charge in [-0.1, -0.05) is 0 Å². The van der Waals surface area contributed by atoms with Crippen molar-refractivity contribution in [2.45, 2.75) is 13.5 Å². The predicted molar refractivity (Wildman–Crippen MR) is 57.5 cm³/mol. The van der Waals surface area contributed by atoms with Gasteiger partial charge in [-0.05, 0) is 24.6 Å². The molecular weight excluding hydrogens is 190 g/mol. The van der Waals surface area contributed by atoms with E-state index in [1.54, 1.807) is 6.20 Å². The van der Waals surface area contributed by atoms with E-state index in [-0.39, 0.29) is 0 Å². The van der Waals surface area contributed by atoms with Crippen LogP contribution in [0.25, 0.3) is 0 Å². The van der Waals surface area contributed by atoms with Crippen LogP contribution in [0.5, 0.6) is 0 Å². The maximum Gasteiger partial charge on any atom is 0.148 e. The van der Waals surface area contributed by atoms with E-state index in [2.05, 4.69) is 20.6 Å². The molecule has 1 N–H and O–H groups in total. The summed E-state index contributed by atoms with van der Waals surface area (Å²) in [6.07, 6.45) is 5.52. The summed E-state index contributed by atoms with van der Waals surface area (Å²) < 4.78 is 1.90. The maximum absolute atomic E-state index is 4.19. The highest BCUT2D eigenvalue weighted by molar-refractivity contribution is 5.30. The van der Waals surface area contributed by atoms with Crippen LogP contribution in [0.2, 0.25) is 0 Å². The van der Waals surface area contributed by atoms with E-state index in [1.165, 1.54) is 5.56 Å². The SMILES string of the molecule is Cc1cnn(CCNc2cccnn2)c1. The third-order valence-electron chi connectivity index (χ3n) is 1.98. The molecule has 0 atom stereocenters. The van der Waals surface area contributed by atoms with Gasteiger partial charge in [0.05, 0.1) is 12.7 Å². The molecule has 0 bridgehead atoms. The van der Waals surface area contributed by atoms with Crippen LogP contribution in [0.15, 0.2) is 30.7 Å². The van der Waals surface area contributed by atoms with Crippen LogP contribution < -0.4 is 5.32 Å².